The molecule has 0 aliphatic carbocycles. The highest BCUT2D eigenvalue weighted by Gasteiger charge is 2.13. The number of aromatic nitrogens is 2. The number of rotatable bonds is 3. The molecule has 1 aromatic carbocycles. The molecule has 18 heavy (non-hydrogen) atoms. The Kier molecular flexibility index (Phi) is 3.82. The highest BCUT2D eigenvalue weighted by molar-refractivity contribution is 6.30. The molecule has 0 N–H and O–H groups in total. The van der Waals surface area contributed by atoms with E-state index < -0.39 is 0 Å². The Bertz CT molecular complexity index is 543. The van der Waals surface area contributed by atoms with Crippen molar-refractivity contribution in [3.05, 3.63) is 52.2 Å². The van der Waals surface area contributed by atoms with Crippen molar-refractivity contribution < 1.29 is 4.74 Å². The van der Waals surface area contributed by atoms with E-state index in [2.05, 4.69) is 10.2 Å². The van der Waals surface area contributed by atoms with Crippen molar-refractivity contribution in [2.24, 2.45) is 0 Å². The second-order valence-electron chi connectivity index (χ2n) is 4.22. The van der Waals surface area contributed by atoms with Crippen LogP contribution in [0.15, 0.2) is 30.3 Å². The van der Waals surface area contributed by atoms with Crippen molar-refractivity contribution in [1.29, 1.82) is 0 Å². The van der Waals surface area contributed by atoms with Crippen molar-refractivity contribution in [2.75, 3.05) is 0 Å². The highest BCUT2D eigenvalue weighted by Crippen LogP contribution is 2.26. The van der Waals surface area contributed by atoms with E-state index in [0.717, 1.165) is 16.7 Å². The molecule has 0 bridgehead atoms. The first-order chi connectivity index (χ1) is 8.59. The lowest BCUT2D eigenvalue weighted by Crippen LogP contribution is -2.07. The first-order valence-corrected chi connectivity index (χ1v) is 6.18. The second-order valence-corrected chi connectivity index (χ2v) is 4.57. The normalized spacial score (nSPS) is 12.2. The van der Waals surface area contributed by atoms with Gasteiger partial charge in [-0.3, -0.25) is 0 Å². The van der Waals surface area contributed by atoms with Crippen LogP contribution in [0.2, 0.25) is 5.15 Å². The molecule has 0 spiro atoms. The lowest BCUT2D eigenvalue weighted by atomic mass is 10.1. The predicted octanol–water partition coefficient (Wildman–Crippen LogP) is 3.89. The highest BCUT2D eigenvalue weighted by atomic mass is 35.5. The SMILES string of the molecule is Cc1c(Cl)nnc(OC(C)c2ccccc2)c1C. The summed E-state index contributed by atoms with van der Waals surface area (Å²) in [6.07, 6.45) is -0.0697. The van der Waals surface area contributed by atoms with Crippen LogP contribution in [-0.4, -0.2) is 10.2 Å². The standard InChI is InChI=1S/C14H15ClN2O/c1-9-10(2)14(17-16-13(9)15)18-11(3)12-7-5-4-6-8-12/h4-8,11H,1-3H3. The van der Waals surface area contributed by atoms with Crippen LogP contribution in [0.4, 0.5) is 0 Å². The molecule has 0 saturated heterocycles. The van der Waals surface area contributed by atoms with Gasteiger partial charge in [0.1, 0.15) is 6.10 Å². The predicted molar refractivity (Wildman–Crippen MR) is 72.0 cm³/mol. The first kappa shape index (κ1) is 12.8. The largest absolute Gasteiger partial charge is 0.469 e. The van der Waals surface area contributed by atoms with Gasteiger partial charge in [-0.1, -0.05) is 41.9 Å². The minimum atomic E-state index is -0.0697. The molecular formula is C14H15ClN2O. The number of hydrogen-bond donors (Lipinski definition) is 0. The fourth-order valence-corrected chi connectivity index (χ4v) is 1.81. The minimum absolute atomic E-state index is 0.0697. The van der Waals surface area contributed by atoms with Crippen LogP contribution >= 0.6 is 11.6 Å². The summed E-state index contributed by atoms with van der Waals surface area (Å²) in [4.78, 5) is 0. The summed E-state index contributed by atoms with van der Waals surface area (Å²) in [6.45, 7) is 5.83. The number of benzene rings is 1. The van der Waals surface area contributed by atoms with Crippen LogP contribution in [0.1, 0.15) is 29.7 Å². The monoisotopic (exact) mass is 262 g/mol. The van der Waals surface area contributed by atoms with Gasteiger partial charge in [-0.05, 0) is 31.9 Å². The first-order valence-electron chi connectivity index (χ1n) is 5.80. The van der Waals surface area contributed by atoms with Crippen molar-refractivity contribution in [3.8, 4) is 5.88 Å². The quantitative estimate of drug-likeness (QED) is 0.842. The molecule has 1 atom stereocenters. The molecule has 4 heteroatoms. The minimum Gasteiger partial charge on any atom is -0.469 e. The van der Waals surface area contributed by atoms with Crippen LogP contribution in [-0.2, 0) is 0 Å². The molecule has 0 aliphatic rings. The van der Waals surface area contributed by atoms with Crippen molar-refractivity contribution in [2.45, 2.75) is 26.9 Å². The van der Waals surface area contributed by atoms with Crippen LogP contribution in [0.5, 0.6) is 5.88 Å². The van der Waals surface area contributed by atoms with E-state index in [1.165, 1.54) is 0 Å². The van der Waals surface area contributed by atoms with Gasteiger partial charge in [0.25, 0.3) is 0 Å². The summed E-state index contributed by atoms with van der Waals surface area (Å²) >= 11 is 5.91. The fourth-order valence-electron chi connectivity index (χ4n) is 1.63. The van der Waals surface area contributed by atoms with Gasteiger partial charge in [0.05, 0.1) is 0 Å². The van der Waals surface area contributed by atoms with E-state index in [-0.39, 0.29) is 6.10 Å². The molecule has 0 amide bonds. The summed E-state index contributed by atoms with van der Waals surface area (Å²) < 4.78 is 5.83. The molecule has 0 saturated carbocycles. The molecule has 0 aliphatic heterocycles. The van der Waals surface area contributed by atoms with Gasteiger partial charge in [-0.15, -0.1) is 10.2 Å². The fraction of sp³-hybridized carbons (Fsp3) is 0.286. The van der Waals surface area contributed by atoms with Crippen molar-refractivity contribution in [1.82, 2.24) is 10.2 Å². The number of halogens is 1. The van der Waals surface area contributed by atoms with Gasteiger partial charge in [0.2, 0.25) is 5.88 Å². The molecule has 94 valence electrons. The summed E-state index contributed by atoms with van der Waals surface area (Å²) in [6, 6.07) is 10.0. The number of ether oxygens (including phenoxy) is 1. The molecule has 1 unspecified atom stereocenters. The summed E-state index contributed by atoms with van der Waals surface area (Å²) in [5.74, 6) is 0.535. The van der Waals surface area contributed by atoms with Gasteiger partial charge in [0.15, 0.2) is 5.15 Å². The third kappa shape index (κ3) is 2.62. The van der Waals surface area contributed by atoms with Crippen molar-refractivity contribution in [3.63, 3.8) is 0 Å². The lowest BCUT2D eigenvalue weighted by Gasteiger charge is -2.16. The molecule has 0 fully saturated rings. The van der Waals surface area contributed by atoms with Gasteiger partial charge in [-0.2, -0.15) is 0 Å². The molecular weight excluding hydrogens is 248 g/mol. The maximum atomic E-state index is 5.91. The topological polar surface area (TPSA) is 35.0 Å². The van der Waals surface area contributed by atoms with Crippen LogP contribution < -0.4 is 4.74 Å². The number of nitrogens with zero attached hydrogens (tertiary/aromatic N) is 2. The van der Waals surface area contributed by atoms with Crippen LogP contribution in [0.25, 0.3) is 0 Å². The van der Waals surface area contributed by atoms with Gasteiger partial charge >= 0.3 is 0 Å². The van der Waals surface area contributed by atoms with E-state index in [9.17, 15) is 0 Å². The molecule has 2 rings (SSSR count). The summed E-state index contributed by atoms with van der Waals surface area (Å²) in [5.41, 5.74) is 2.94. The Morgan fingerprint density at radius 2 is 1.72 bits per heavy atom. The van der Waals surface area contributed by atoms with E-state index in [1.54, 1.807) is 0 Å². The van der Waals surface area contributed by atoms with E-state index in [0.29, 0.717) is 11.0 Å². The number of hydrogen-bond acceptors (Lipinski definition) is 3. The van der Waals surface area contributed by atoms with Crippen molar-refractivity contribution >= 4 is 11.6 Å². The van der Waals surface area contributed by atoms with E-state index >= 15 is 0 Å². The molecule has 1 heterocycles. The molecule has 3 nitrogen and oxygen atoms in total. The lowest BCUT2D eigenvalue weighted by molar-refractivity contribution is 0.213. The zero-order valence-corrected chi connectivity index (χ0v) is 11.4. The van der Waals surface area contributed by atoms with Crippen LogP contribution in [0.3, 0.4) is 0 Å². The average molecular weight is 263 g/mol. The summed E-state index contributed by atoms with van der Waals surface area (Å²) in [7, 11) is 0. The molecule has 2 aromatic rings. The van der Waals surface area contributed by atoms with E-state index in [4.69, 9.17) is 16.3 Å². The van der Waals surface area contributed by atoms with Crippen LogP contribution in [0, 0.1) is 13.8 Å². The Morgan fingerprint density at radius 1 is 1.06 bits per heavy atom. The van der Waals surface area contributed by atoms with Gasteiger partial charge in [0, 0.05) is 5.56 Å². The Morgan fingerprint density at radius 3 is 2.39 bits per heavy atom. The smallest absolute Gasteiger partial charge is 0.237 e. The third-order valence-electron chi connectivity index (χ3n) is 2.98. The zero-order chi connectivity index (χ0) is 13.1. The maximum Gasteiger partial charge on any atom is 0.237 e. The van der Waals surface area contributed by atoms with E-state index in [1.807, 2.05) is 51.1 Å². The van der Waals surface area contributed by atoms with Gasteiger partial charge in [-0.25, -0.2) is 0 Å². The Hall–Kier alpha value is -1.61. The Balaban J connectivity index is 2.22. The maximum absolute atomic E-state index is 5.91. The molecule has 1 aromatic heterocycles. The Labute approximate surface area is 112 Å². The van der Waals surface area contributed by atoms with Gasteiger partial charge < -0.3 is 4.74 Å². The average Bonchev–Trinajstić information content (AvgIpc) is 2.40. The summed E-state index contributed by atoms with van der Waals surface area (Å²) in [5, 5.41) is 8.30. The zero-order valence-electron chi connectivity index (χ0n) is 10.6. The second kappa shape index (κ2) is 5.36. The molecule has 0 radical (unpaired) electrons. The third-order valence-corrected chi connectivity index (χ3v) is 3.34.